The molecular weight excluding hydrogens is 433 g/mol. The summed E-state index contributed by atoms with van der Waals surface area (Å²) in [7, 11) is 1.95. The summed E-state index contributed by atoms with van der Waals surface area (Å²) < 4.78 is 14.4. The van der Waals surface area contributed by atoms with Gasteiger partial charge >= 0.3 is 0 Å². The summed E-state index contributed by atoms with van der Waals surface area (Å²) in [5.41, 5.74) is 4.09. The Kier molecular flexibility index (Phi) is 6.17. The molecule has 0 bridgehead atoms. The SMILES string of the molecule is CCN(C)C=Nc1cc(C)c(C2CC(c3cc(F)ccc3Br)=NO2)cc1Cl. The van der Waals surface area contributed by atoms with Gasteiger partial charge in [-0.3, -0.25) is 0 Å². The summed E-state index contributed by atoms with van der Waals surface area (Å²) in [5, 5.41) is 4.73. The number of halogens is 3. The van der Waals surface area contributed by atoms with Gasteiger partial charge in [-0.15, -0.1) is 0 Å². The third-order valence-corrected chi connectivity index (χ3v) is 5.48. The molecule has 1 heterocycles. The van der Waals surface area contributed by atoms with Gasteiger partial charge in [0, 0.05) is 30.0 Å². The molecule has 0 N–H and O–H groups in total. The summed E-state index contributed by atoms with van der Waals surface area (Å²) >= 11 is 9.87. The molecule has 7 heteroatoms. The lowest BCUT2D eigenvalue weighted by Crippen LogP contribution is -2.14. The quantitative estimate of drug-likeness (QED) is 0.410. The molecule has 0 aromatic heterocycles. The normalized spacial score (nSPS) is 16.5. The molecule has 2 aromatic rings. The van der Waals surface area contributed by atoms with Crippen LogP contribution in [0.1, 0.15) is 36.1 Å². The molecule has 142 valence electrons. The molecule has 0 radical (unpaired) electrons. The highest BCUT2D eigenvalue weighted by molar-refractivity contribution is 9.10. The van der Waals surface area contributed by atoms with E-state index in [0.717, 1.165) is 22.1 Å². The second-order valence-electron chi connectivity index (χ2n) is 6.44. The molecule has 0 aliphatic carbocycles. The van der Waals surface area contributed by atoms with Crippen molar-refractivity contribution in [2.45, 2.75) is 26.4 Å². The van der Waals surface area contributed by atoms with Crippen LogP contribution in [0.25, 0.3) is 0 Å². The lowest BCUT2D eigenvalue weighted by atomic mass is 9.97. The fraction of sp³-hybridized carbons (Fsp3) is 0.300. The predicted molar refractivity (Wildman–Crippen MR) is 112 cm³/mol. The standard InChI is InChI=1S/C20H20BrClFN3O/c1-4-26(3)11-24-19-7-12(2)14(9-17(19)22)20-10-18(25-27-20)15-8-13(23)5-6-16(15)21/h5-9,11,20H,4,10H2,1-3H3. The number of aliphatic imine (C=N–C) groups is 1. The molecule has 0 saturated carbocycles. The maximum atomic E-state index is 13.6. The summed E-state index contributed by atoms with van der Waals surface area (Å²) in [6, 6.07) is 8.34. The fourth-order valence-corrected chi connectivity index (χ4v) is 3.49. The van der Waals surface area contributed by atoms with Crippen molar-refractivity contribution in [1.29, 1.82) is 0 Å². The van der Waals surface area contributed by atoms with Crippen LogP contribution in [0.2, 0.25) is 5.02 Å². The molecule has 0 fully saturated rings. The number of aryl methyl sites for hydroxylation is 1. The van der Waals surface area contributed by atoms with E-state index in [1.807, 2.05) is 37.9 Å². The molecular formula is C20H20BrClFN3O. The van der Waals surface area contributed by atoms with E-state index >= 15 is 0 Å². The van der Waals surface area contributed by atoms with Crippen molar-refractivity contribution in [1.82, 2.24) is 4.90 Å². The first-order valence-electron chi connectivity index (χ1n) is 8.61. The van der Waals surface area contributed by atoms with Gasteiger partial charge < -0.3 is 9.74 Å². The summed E-state index contributed by atoms with van der Waals surface area (Å²) in [5.74, 6) is -0.308. The van der Waals surface area contributed by atoms with Crippen molar-refractivity contribution in [2.24, 2.45) is 10.1 Å². The number of hydrogen-bond donors (Lipinski definition) is 0. The first-order valence-corrected chi connectivity index (χ1v) is 9.78. The number of hydrogen-bond acceptors (Lipinski definition) is 3. The molecule has 1 unspecified atom stereocenters. The fourth-order valence-electron chi connectivity index (χ4n) is 2.79. The molecule has 1 atom stereocenters. The minimum Gasteiger partial charge on any atom is -0.387 e. The molecule has 4 nitrogen and oxygen atoms in total. The van der Waals surface area contributed by atoms with E-state index in [9.17, 15) is 4.39 Å². The van der Waals surface area contributed by atoms with Crippen LogP contribution in [0.3, 0.4) is 0 Å². The lowest BCUT2D eigenvalue weighted by molar-refractivity contribution is 0.0853. The molecule has 0 spiro atoms. The molecule has 1 aliphatic rings. The predicted octanol–water partition coefficient (Wildman–Crippen LogP) is 6.03. The van der Waals surface area contributed by atoms with Gasteiger partial charge in [0.05, 0.1) is 22.8 Å². The average molecular weight is 453 g/mol. The second-order valence-corrected chi connectivity index (χ2v) is 7.70. The summed E-state index contributed by atoms with van der Waals surface area (Å²) in [6.45, 7) is 4.91. The number of benzene rings is 2. The van der Waals surface area contributed by atoms with Gasteiger partial charge in [0.25, 0.3) is 0 Å². The van der Waals surface area contributed by atoms with Crippen molar-refractivity contribution in [3.8, 4) is 0 Å². The van der Waals surface area contributed by atoms with Crippen LogP contribution in [-0.4, -0.2) is 30.5 Å². The van der Waals surface area contributed by atoms with Crippen LogP contribution < -0.4 is 0 Å². The van der Waals surface area contributed by atoms with E-state index in [4.69, 9.17) is 16.4 Å². The Hall–Kier alpha value is -1.92. The zero-order valence-electron chi connectivity index (χ0n) is 15.3. The van der Waals surface area contributed by atoms with Gasteiger partial charge in [-0.25, -0.2) is 9.38 Å². The minimum absolute atomic E-state index is 0.260. The maximum Gasteiger partial charge on any atom is 0.158 e. The molecule has 27 heavy (non-hydrogen) atoms. The number of rotatable bonds is 5. The third-order valence-electron chi connectivity index (χ3n) is 4.48. The van der Waals surface area contributed by atoms with E-state index in [-0.39, 0.29) is 11.9 Å². The highest BCUT2D eigenvalue weighted by Gasteiger charge is 2.27. The van der Waals surface area contributed by atoms with Crippen molar-refractivity contribution in [2.75, 3.05) is 13.6 Å². The Labute approximate surface area is 171 Å². The topological polar surface area (TPSA) is 37.2 Å². The zero-order chi connectivity index (χ0) is 19.6. The van der Waals surface area contributed by atoms with E-state index < -0.39 is 0 Å². The van der Waals surface area contributed by atoms with Crippen LogP contribution in [0.4, 0.5) is 10.1 Å². The largest absolute Gasteiger partial charge is 0.387 e. The first kappa shape index (κ1) is 19.8. The Morgan fingerprint density at radius 3 is 2.93 bits per heavy atom. The smallest absolute Gasteiger partial charge is 0.158 e. The molecule has 3 rings (SSSR count). The van der Waals surface area contributed by atoms with Crippen molar-refractivity contribution in [3.05, 3.63) is 62.3 Å². The summed E-state index contributed by atoms with van der Waals surface area (Å²) in [4.78, 5) is 12.0. The van der Waals surface area contributed by atoms with E-state index in [2.05, 4.69) is 26.1 Å². The summed E-state index contributed by atoms with van der Waals surface area (Å²) in [6.07, 6.45) is 2.04. The van der Waals surface area contributed by atoms with Crippen LogP contribution in [0.5, 0.6) is 0 Å². The van der Waals surface area contributed by atoms with Crippen molar-refractivity contribution < 1.29 is 9.23 Å². The molecule has 0 saturated heterocycles. The van der Waals surface area contributed by atoms with E-state index in [0.29, 0.717) is 28.4 Å². The van der Waals surface area contributed by atoms with Crippen molar-refractivity contribution in [3.63, 3.8) is 0 Å². The minimum atomic E-state index is -0.308. The third kappa shape index (κ3) is 4.50. The van der Waals surface area contributed by atoms with Crippen LogP contribution >= 0.6 is 27.5 Å². The van der Waals surface area contributed by atoms with Crippen LogP contribution in [-0.2, 0) is 4.84 Å². The Balaban J connectivity index is 1.81. The highest BCUT2D eigenvalue weighted by Crippen LogP contribution is 2.37. The first-order chi connectivity index (χ1) is 12.9. The molecule has 2 aromatic carbocycles. The monoisotopic (exact) mass is 451 g/mol. The lowest BCUT2D eigenvalue weighted by Gasteiger charge is -2.14. The maximum absolute atomic E-state index is 13.6. The Morgan fingerprint density at radius 2 is 2.19 bits per heavy atom. The zero-order valence-corrected chi connectivity index (χ0v) is 17.7. The molecule has 0 amide bonds. The number of nitrogens with zero attached hydrogens (tertiary/aromatic N) is 3. The van der Waals surface area contributed by atoms with Gasteiger partial charge in [-0.1, -0.05) is 32.7 Å². The Morgan fingerprint density at radius 1 is 1.41 bits per heavy atom. The molecule has 1 aliphatic heterocycles. The van der Waals surface area contributed by atoms with Gasteiger partial charge in [-0.2, -0.15) is 0 Å². The van der Waals surface area contributed by atoms with E-state index in [1.54, 1.807) is 12.4 Å². The van der Waals surface area contributed by atoms with Crippen LogP contribution in [0, 0.1) is 12.7 Å². The van der Waals surface area contributed by atoms with Crippen LogP contribution in [0.15, 0.2) is 45.0 Å². The highest BCUT2D eigenvalue weighted by atomic mass is 79.9. The Bertz CT molecular complexity index is 916. The van der Waals surface area contributed by atoms with E-state index in [1.165, 1.54) is 12.1 Å². The van der Waals surface area contributed by atoms with Gasteiger partial charge in [0.1, 0.15) is 5.82 Å². The van der Waals surface area contributed by atoms with Gasteiger partial charge in [0.15, 0.2) is 6.10 Å². The van der Waals surface area contributed by atoms with Gasteiger partial charge in [0.2, 0.25) is 0 Å². The van der Waals surface area contributed by atoms with Crippen molar-refractivity contribution >= 4 is 45.3 Å². The number of oxime groups is 1. The van der Waals surface area contributed by atoms with Gasteiger partial charge in [-0.05, 0) is 55.3 Å². The average Bonchev–Trinajstić information content (AvgIpc) is 3.13. The second kappa shape index (κ2) is 8.40.